The Morgan fingerprint density at radius 1 is 1.35 bits per heavy atom. The highest BCUT2D eigenvalue weighted by Crippen LogP contribution is 2.34. The van der Waals surface area contributed by atoms with Gasteiger partial charge >= 0.3 is 0 Å². The molecule has 0 spiro atoms. The topological polar surface area (TPSA) is 106 Å². The van der Waals surface area contributed by atoms with E-state index in [-0.39, 0.29) is 17.6 Å². The van der Waals surface area contributed by atoms with Crippen molar-refractivity contribution < 1.29 is 9.90 Å². The summed E-state index contributed by atoms with van der Waals surface area (Å²) in [5.74, 6) is 0.310. The monoisotopic (exact) mass is 349 g/mol. The summed E-state index contributed by atoms with van der Waals surface area (Å²) in [6, 6.07) is 8.85. The maximum atomic E-state index is 12.6. The Bertz CT molecular complexity index is 1010. The number of carbonyl (C=O) groups is 1. The molecule has 0 bridgehead atoms. The quantitative estimate of drug-likeness (QED) is 0.667. The third-order valence-corrected chi connectivity index (χ3v) is 4.70. The summed E-state index contributed by atoms with van der Waals surface area (Å²) >= 11 is 0. The number of phenols is 1. The lowest BCUT2D eigenvalue weighted by molar-refractivity contribution is 0.0944. The van der Waals surface area contributed by atoms with E-state index in [4.69, 9.17) is 5.73 Å². The molecule has 7 nitrogen and oxygen atoms in total. The number of amides is 1. The SMILES string of the molecule is Cn1c2c(c(Cc3cccc(O)c3)c1-c1ccnc(N)n1)C(=O)NCC2. The second kappa shape index (κ2) is 6.18. The number of phenolic OH excluding ortho intramolecular Hbond substituents is 1. The second-order valence-corrected chi connectivity index (χ2v) is 6.36. The molecule has 2 aromatic heterocycles. The number of fused-ring (bicyclic) bond motifs is 1. The van der Waals surface area contributed by atoms with Gasteiger partial charge in [0, 0.05) is 38.3 Å². The molecule has 0 atom stereocenters. The Labute approximate surface area is 150 Å². The van der Waals surface area contributed by atoms with Gasteiger partial charge in [-0.25, -0.2) is 9.97 Å². The van der Waals surface area contributed by atoms with E-state index in [1.54, 1.807) is 30.5 Å². The molecule has 0 saturated heterocycles. The standard InChI is InChI=1S/C19H19N5O2/c1-24-15-6-8-21-18(26)16(15)13(10-11-3-2-4-12(25)9-11)17(24)14-5-7-22-19(20)23-14/h2-5,7,9,25H,6,8,10H2,1H3,(H,21,26)(H2,20,22,23). The first-order valence-corrected chi connectivity index (χ1v) is 8.40. The minimum Gasteiger partial charge on any atom is -0.508 e. The zero-order valence-corrected chi connectivity index (χ0v) is 14.4. The third-order valence-electron chi connectivity index (χ3n) is 4.70. The Morgan fingerprint density at radius 2 is 2.19 bits per heavy atom. The minimum atomic E-state index is -0.0784. The predicted octanol–water partition coefficient (Wildman–Crippen LogP) is 1.65. The van der Waals surface area contributed by atoms with Crippen molar-refractivity contribution in [2.45, 2.75) is 12.8 Å². The number of aromatic nitrogens is 3. The second-order valence-electron chi connectivity index (χ2n) is 6.36. The fourth-order valence-corrected chi connectivity index (χ4v) is 3.62. The van der Waals surface area contributed by atoms with Crippen molar-refractivity contribution in [1.29, 1.82) is 0 Å². The molecule has 0 unspecified atom stereocenters. The third kappa shape index (κ3) is 2.67. The smallest absolute Gasteiger partial charge is 0.253 e. The van der Waals surface area contributed by atoms with Crippen molar-refractivity contribution in [3.63, 3.8) is 0 Å². The molecule has 1 aliphatic heterocycles. The van der Waals surface area contributed by atoms with Crippen molar-refractivity contribution in [2.24, 2.45) is 7.05 Å². The van der Waals surface area contributed by atoms with Gasteiger partial charge in [-0.05, 0) is 29.3 Å². The summed E-state index contributed by atoms with van der Waals surface area (Å²) in [5.41, 5.74) is 10.8. The summed E-state index contributed by atoms with van der Waals surface area (Å²) < 4.78 is 2.02. The summed E-state index contributed by atoms with van der Waals surface area (Å²) in [5, 5.41) is 12.7. The van der Waals surface area contributed by atoms with Crippen LogP contribution in [0.15, 0.2) is 36.5 Å². The van der Waals surface area contributed by atoms with Gasteiger partial charge in [-0.1, -0.05) is 12.1 Å². The number of anilines is 1. The molecule has 1 amide bonds. The van der Waals surface area contributed by atoms with Gasteiger partial charge in [-0.15, -0.1) is 0 Å². The van der Waals surface area contributed by atoms with Crippen LogP contribution in [0, 0.1) is 0 Å². The van der Waals surface area contributed by atoms with Crippen molar-refractivity contribution >= 4 is 11.9 Å². The predicted molar refractivity (Wildman–Crippen MR) is 97.8 cm³/mol. The van der Waals surface area contributed by atoms with Crippen LogP contribution in [0.4, 0.5) is 5.95 Å². The average molecular weight is 349 g/mol. The van der Waals surface area contributed by atoms with Crippen molar-refractivity contribution in [2.75, 3.05) is 12.3 Å². The molecular formula is C19H19N5O2. The highest BCUT2D eigenvalue weighted by atomic mass is 16.3. The van der Waals surface area contributed by atoms with Crippen LogP contribution in [-0.4, -0.2) is 32.1 Å². The first-order chi connectivity index (χ1) is 12.5. The van der Waals surface area contributed by atoms with E-state index >= 15 is 0 Å². The molecule has 0 fully saturated rings. The largest absolute Gasteiger partial charge is 0.508 e. The molecule has 0 saturated carbocycles. The van der Waals surface area contributed by atoms with Crippen LogP contribution >= 0.6 is 0 Å². The first-order valence-electron chi connectivity index (χ1n) is 8.40. The van der Waals surface area contributed by atoms with Gasteiger partial charge in [0.2, 0.25) is 5.95 Å². The molecular weight excluding hydrogens is 330 g/mol. The Hall–Kier alpha value is -3.35. The Morgan fingerprint density at radius 3 is 2.96 bits per heavy atom. The number of rotatable bonds is 3. The zero-order chi connectivity index (χ0) is 18.3. The summed E-state index contributed by atoms with van der Waals surface area (Å²) in [6.45, 7) is 0.612. The highest BCUT2D eigenvalue weighted by Gasteiger charge is 2.29. The van der Waals surface area contributed by atoms with Crippen LogP contribution in [0.2, 0.25) is 0 Å². The van der Waals surface area contributed by atoms with Gasteiger partial charge in [-0.3, -0.25) is 4.79 Å². The lowest BCUT2D eigenvalue weighted by Crippen LogP contribution is -2.32. The number of nitrogen functional groups attached to an aromatic ring is 1. The molecule has 0 aliphatic carbocycles. The Balaban J connectivity index is 1.94. The maximum Gasteiger partial charge on any atom is 0.253 e. The molecule has 4 N–H and O–H groups in total. The van der Waals surface area contributed by atoms with E-state index in [9.17, 15) is 9.90 Å². The van der Waals surface area contributed by atoms with Crippen LogP contribution in [0.25, 0.3) is 11.4 Å². The van der Waals surface area contributed by atoms with Crippen molar-refractivity contribution in [3.8, 4) is 17.1 Å². The van der Waals surface area contributed by atoms with Gasteiger partial charge in [0.25, 0.3) is 5.91 Å². The van der Waals surface area contributed by atoms with Crippen molar-refractivity contribution in [3.05, 3.63) is 58.9 Å². The van der Waals surface area contributed by atoms with Gasteiger partial charge < -0.3 is 20.7 Å². The summed E-state index contributed by atoms with van der Waals surface area (Å²) in [7, 11) is 1.94. The van der Waals surface area contributed by atoms with E-state index in [2.05, 4.69) is 15.3 Å². The molecule has 26 heavy (non-hydrogen) atoms. The lowest BCUT2D eigenvalue weighted by atomic mass is 9.96. The van der Waals surface area contributed by atoms with E-state index in [1.165, 1.54) is 0 Å². The van der Waals surface area contributed by atoms with Crippen LogP contribution < -0.4 is 11.1 Å². The summed E-state index contributed by atoms with van der Waals surface area (Å²) in [6.07, 6.45) is 2.87. The highest BCUT2D eigenvalue weighted by molar-refractivity contribution is 6.00. The fourth-order valence-electron chi connectivity index (χ4n) is 3.62. The van der Waals surface area contributed by atoms with E-state index in [0.29, 0.717) is 24.2 Å². The Kier molecular flexibility index (Phi) is 3.84. The van der Waals surface area contributed by atoms with E-state index in [0.717, 1.165) is 28.9 Å². The molecule has 3 aromatic rings. The molecule has 1 aromatic carbocycles. The number of carbonyl (C=O) groups excluding carboxylic acids is 1. The van der Waals surface area contributed by atoms with Gasteiger partial charge in [0.1, 0.15) is 5.75 Å². The number of hydrogen-bond acceptors (Lipinski definition) is 5. The minimum absolute atomic E-state index is 0.0784. The summed E-state index contributed by atoms with van der Waals surface area (Å²) in [4.78, 5) is 20.9. The lowest BCUT2D eigenvalue weighted by Gasteiger charge is -2.15. The maximum absolute atomic E-state index is 12.6. The zero-order valence-electron chi connectivity index (χ0n) is 14.4. The van der Waals surface area contributed by atoms with Gasteiger partial charge in [0.05, 0.1) is 17.0 Å². The van der Waals surface area contributed by atoms with E-state index < -0.39 is 0 Å². The van der Waals surface area contributed by atoms with E-state index in [1.807, 2.05) is 17.7 Å². The number of aromatic hydroxyl groups is 1. The first kappa shape index (κ1) is 16.1. The number of nitrogens with zero attached hydrogens (tertiary/aromatic N) is 3. The van der Waals surface area contributed by atoms with Crippen molar-refractivity contribution in [1.82, 2.24) is 19.9 Å². The fraction of sp³-hybridized carbons (Fsp3) is 0.211. The average Bonchev–Trinajstić information content (AvgIpc) is 2.88. The number of hydrogen-bond donors (Lipinski definition) is 3. The van der Waals surface area contributed by atoms with Gasteiger partial charge in [-0.2, -0.15) is 0 Å². The van der Waals surface area contributed by atoms with Crippen LogP contribution in [0.3, 0.4) is 0 Å². The van der Waals surface area contributed by atoms with Crippen LogP contribution in [0.5, 0.6) is 5.75 Å². The van der Waals surface area contributed by atoms with Gasteiger partial charge in [0.15, 0.2) is 0 Å². The number of nitrogens with one attached hydrogen (secondary N) is 1. The molecule has 3 heterocycles. The van der Waals surface area contributed by atoms with Crippen LogP contribution in [-0.2, 0) is 19.9 Å². The molecule has 7 heteroatoms. The van der Waals surface area contributed by atoms with Crippen LogP contribution in [0.1, 0.15) is 27.2 Å². The molecule has 4 rings (SSSR count). The number of benzene rings is 1. The molecule has 1 aliphatic rings. The normalized spacial score (nSPS) is 13.3. The molecule has 0 radical (unpaired) electrons. The number of nitrogens with two attached hydrogens (primary N) is 1. The molecule has 132 valence electrons.